The zero-order valence-corrected chi connectivity index (χ0v) is 24.1. The molecular formula is C29H34ClN3O5S. The van der Waals surface area contributed by atoms with Crippen LogP contribution < -0.4 is 14.4 Å². The van der Waals surface area contributed by atoms with Crippen LogP contribution >= 0.6 is 11.6 Å². The molecule has 0 bridgehead atoms. The molecule has 8 nitrogen and oxygen atoms in total. The number of methoxy groups -OCH3 is 1. The SMILES string of the molecule is CCCNC(=O)[C@@H](C)N(Cc1cccc(OC)c1)C(=O)CN(c1cccc(C)c1)S(=O)(=O)c1ccc(Cl)cc1. The molecule has 1 atom stereocenters. The van der Waals surface area contributed by atoms with Crippen LogP contribution in [0.5, 0.6) is 5.75 Å². The Labute approximate surface area is 235 Å². The standard InChI is InChI=1S/C29H34ClN3O5S/c1-5-16-31-29(35)22(3)32(19-23-9-7-11-26(18-23)38-4)28(34)20-33(25-10-6-8-21(2)17-25)39(36,37)27-14-12-24(30)13-15-27/h6-15,17-18,22H,5,16,19-20H2,1-4H3,(H,31,35)/t22-/m1/s1. The third-order valence-electron chi connectivity index (χ3n) is 6.17. The van der Waals surface area contributed by atoms with E-state index in [0.717, 1.165) is 21.9 Å². The fourth-order valence-electron chi connectivity index (χ4n) is 3.99. The molecular weight excluding hydrogens is 538 g/mol. The van der Waals surface area contributed by atoms with E-state index in [1.165, 1.54) is 29.2 Å². The van der Waals surface area contributed by atoms with E-state index in [9.17, 15) is 18.0 Å². The highest BCUT2D eigenvalue weighted by atomic mass is 35.5. The Morgan fingerprint density at radius 3 is 2.36 bits per heavy atom. The zero-order chi connectivity index (χ0) is 28.6. The summed E-state index contributed by atoms with van der Waals surface area (Å²) < 4.78 is 34.0. The number of halogens is 1. The first-order chi connectivity index (χ1) is 18.6. The minimum absolute atomic E-state index is 0.00529. The van der Waals surface area contributed by atoms with Gasteiger partial charge in [0.15, 0.2) is 0 Å². The number of nitrogens with one attached hydrogen (secondary N) is 1. The maximum Gasteiger partial charge on any atom is 0.264 e. The van der Waals surface area contributed by atoms with E-state index >= 15 is 0 Å². The first-order valence-electron chi connectivity index (χ1n) is 12.6. The van der Waals surface area contributed by atoms with Gasteiger partial charge in [0.25, 0.3) is 10.0 Å². The van der Waals surface area contributed by atoms with E-state index in [4.69, 9.17) is 16.3 Å². The number of sulfonamides is 1. The smallest absolute Gasteiger partial charge is 0.264 e. The fourth-order valence-corrected chi connectivity index (χ4v) is 5.52. The Morgan fingerprint density at radius 1 is 1.03 bits per heavy atom. The molecule has 0 spiro atoms. The number of nitrogens with zero attached hydrogens (tertiary/aromatic N) is 2. The fraction of sp³-hybridized carbons (Fsp3) is 0.310. The van der Waals surface area contributed by atoms with E-state index in [-0.39, 0.29) is 17.3 Å². The molecule has 0 aliphatic carbocycles. The topological polar surface area (TPSA) is 96.0 Å². The van der Waals surface area contributed by atoms with Crippen molar-refractivity contribution in [2.75, 3.05) is 24.5 Å². The third-order valence-corrected chi connectivity index (χ3v) is 8.21. The van der Waals surface area contributed by atoms with Gasteiger partial charge in [-0.25, -0.2) is 8.42 Å². The summed E-state index contributed by atoms with van der Waals surface area (Å²) in [5, 5.41) is 3.22. The van der Waals surface area contributed by atoms with Gasteiger partial charge in [-0.15, -0.1) is 0 Å². The van der Waals surface area contributed by atoms with Crippen LogP contribution in [0.4, 0.5) is 5.69 Å². The van der Waals surface area contributed by atoms with Crippen LogP contribution in [-0.4, -0.2) is 51.4 Å². The van der Waals surface area contributed by atoms with Gasteiger partial charge in [0.05, 0.1) is 17.7 Å². The molecule has 10 heteroatoms. The lowest BCUT2D eigenvalue weighted by atomic mass is 10.1. The Hall–Kier alpha value is -3.56. The molecule has 0 saturated heterocycles. The highest BCUT2D eigenvalue weighted by Crippen LogP contribution is 2.26. The number of hydrogen-bond donors (Lipinski definition) is 1. The van der Waals surface area contributed by atoms with Gasteiger partial charge >= 0.3 is 0 Å². The molecule has 2 amide bonds. The summed E-state index contributed by atoms with van der Waals surface area (Å²) >= 11 is 5.99. The molecule has 0 aliphatic rings. The number of amides is 2. The number of aryl methyl sites for hydroxylation is 1. The molecule has 3 aromatic rings. The number of benzene rings is 3. The molecule has 0 saturated carbocycles. The quantitative estimate of drug-likeness (QED) is 0.337. The Morgan fingerprint density at radius 2 is 1.72 bits per heavy atom. The maximum absolute atomic E-state index is 13.9. The molecule has 0 fully saturated rings. The molecule has 0 unspecified atom stereocenters. The van der Waals surface area contributed by atoms with Crippen molar-refractivity contribution in [2.24, 2.45) is 0 Å². The first-order valence-corrected chi connectivity index (χ1v) is 14.4. The molecule has 3 rings (SSSR count). The van der Waals surface area contributed by atoms with Crippen molar-refractivity contribution in [3.8, 4) is 5.75 Å². The van der Waals surface area contributed by atoms with E-state index in [0.29, 0.717) is 23.0 Å². The Kier molecular flexibility index (Phi) is 10.4. The Bertz CT molecular complexity index is 1400. The lowest BCUT2D eigenvalue weighted by molar-refractivity contribution is -0.139. The maximum atomic E-state index is 13.9. The summed E-state index contributed by atoms with van der Waals surface area (Å²) in [6, 6.07) is 19.0. The van der Waals surface area contributed by atoms with E-state index < -0.39 is 28.5 Å². The molecule has 0 aliphatic heterocycles. The highest BCUT2D eigenvalue weighted by molar-refractivity contribution is 7.92. The van der Waals surface area contributed by atoms with Gasteiger partial charge in [0.2, 0.25) is 11.8 Å². The Balaban J connectivity index is 2.02. The van der Waals surface area contributed by atoms with Crippen molar-refractivity contribution in [1.29, 1.82) is 0 Å². The summed E-state index contributed by atoms with van der Waals surface area (Å²) in [6.07, 6.45) is 0.739. The predicted molar refractivity (Wildman–Crippen MR) is 153 cm³/mol. The van der Waals surface area contributed by atoms with E-state index in [2.05, 4.69) is 5.32 Å². The highest BCUT2D eigenvalue weighted by Gasteiger charge is 2.32. The van der Waals surface area contributed by atoms with Crippen LogP contribution in [0, 0.1) is 6.92 Å². The van der Waals surface area contributed by atoms with Crippen LogP contribution in [0.1, 0.15) is 31.4 Å². The predicted octanol–water partition coefficient (Wildman–Crippen LogP) is 4.80. The van der Waals surface area contributed by atoms with Crippen LogP contribution in [0.3, 0.4) is 0 Å². The monoisotopic (exact) mass is 571 g/mol. The van der Waals surface area contributed by atoms with Crippen LogP contribution in [-0.2, 0) is 26.2 Å². The summed E-state index contributed by atoms with van der Waals surface area (Å²) in [5.74, 6) is -0.249. The van der Waals surface area contributed by atoms with E-state index in [1.807, 2.05) is 26.0 Å². The van der Waals surface area contributed by atoms with Gasteiger partial charge in [-0.05, 0) is 79.9 Å². The largest absolute Gasteiger partial charge is 0.497 e. The lowest BCUT2D eigenvalue weighted by Gasteiger charge is -2.32. The van der Waals surface area contributed by atoms with Crippen molar-refractivity contribution in [1.82, 2.24) is 10.2 Å². The van der Waals surface area contributed by atoms with Crippen molar-refractivity contribution in [3.05, 3.63) is 88.9 Å². The number of carbonyl (C=O) groups excluding carboxylic acids is 2. The van der Waals surface area contributed by atoms with Crippen molar-refractivity contribution in [3.63, 3.8) is 0 Å². The minimum Gasteiger partial charge on any atom is -0.497 e. The van der Waals surface area contributed by atoms with E-state index in [1.54, 1.807) is 50.4 Å². The van der Waals surface area contributed by atoms with Crippen LogP contribution in [0.25, 0.3) is 0 Å². The average molecular weight is 572 g/mol. The average Bonchev–Trinajstić information content (AvgIpc) is 2.93. The molecule has 0 heterocycles. The lowest BCUT2D eigenvalue weighted by Crippen LogP contribution is -2.51. The normalized spacial score (nSPS) is 11.9. The summed E-state index contributed by atoms with van der Waals surface area (Å²) in [5.41, 5.74) is 1.90. The molecule has 39 heavy (non-hydrogen) atoms. The number of ether oxygens (including phenoxy) is 1. The van der Waals surface area contributed by atoms with Gasteiger partial charge in [0, 0.05) is 18.1 Å². The number of anilines is 1. The first kappa shape index (κ1) is 30.0. The second-order valence-electron chi connectivity index (χ2n) is 9.14. The van der Waals surface area contributed by atoms with Crippen molar-refractivity contribution >= 4 is 39.1 Å². The van der Waals surface area contributed by atoms with Gasteiger partial charge in [-0.3, -0.25) is 13.9 Å². The molecule has 0 aromatic heterocycles. The second-order valence-corrected chi connectivity index (χ2v) is 11.4. The van der Waals surface area contributed by atoms with Crippen LogP contribution in [0.15, 0.2) is 77.7 Å². The van der Waals surface area contributed by atoms with Gasteiger partial charge in [-0.2, -0.15) is 0 Å². The van der Waals surface area contributed by atoms with Crippen molar-refractivity contribution in [2.45, 2.75) is 44.7 Å². The van der Waals surface area contributed by atoms with Gasteiger partial charge < -0.3 is 15.0 Å². The molecule has 1 N–H and O–H groups in total. The van der Waals surface area contributed by atoms with Gasteiger partial charge in [0.1, 0.15) is 18.3 Å². The minimum atomic E-state index is -4.15. The zero-order valence-electron chi connectivity index (χ0n) is 22.6. The summed E-state index contributed by atoms with van der Waals surface area (Å²) in [4.78, 5) is 28.2. The van der Waals surface area contributed by atoms with Crippen molar-refractivity contribution < 1.29 is 22.7 Å². The van der Waals surface area contributed by atoms with Crippen LogP contribution in [0.2, 0.25) is 5.02 Å². The third kappa shape index (κ3) is 7.74. The summed E-state index contributed by atoms with van der Waals surface area (Å²) in [6.45, 7) is 5.45. The number of carbonyl (C=O) groups is 2. The number of hydrogen-bond acceptors (Lipinski definition) is 5. The molecule has 0 radical (unpaired) electrons. The molecule has 3 aromatic carbocycles. The molecule has 208 valence electrons. The second kappa shape index (κ2) is 13.5. The summed E-state index contributed by atoms with van der Waals surface area (Å²) in [7, 11) is -2.61. The van der Waals surface area contributed by atoms with Gasteiger partial charge in [-0.1, -0.05) is 42.8 Å². The number of rotatable bonds is 12.